The summed E-state index contributed by atoms with van der Waals surface area (Å²) in [5.41, 5.74) is 3.99. The third-order valence-electron chi connectivity index (χ3n) is 5.64. The number of benzene rings is 3. The van der Waals surface area contributed by atoms with Crippen LogP contribution in [0.5, 0.6) is 11.5 Å². The molecule has 4 rings (SSSR count). The van der Waals surface area contributed by atoms with Crippen molar-refractivity contribution in [2.45, 2.75) is 33.6 Å². The molecule has 0 saturated carbocycles. The van der Waals surface area contributed by atoms with Gasteiger partial charge in [-0.3, -0.25) is 0 Å². The summed E-state index contributed by atoms with van der Waals surface area (Å²) in [6.07, 6.45) is 1.61. The number of esters is 2. The first-order valence-corrected chi connectivity index (χ1v) is 12.4. The van der Waals surface area contributed by atoms with Crippen LogP contribution in [0.1, 0.15) is 59.3 Å². The van der Waals surface area contributed by atoms with Gasteiger partial charge in [0, 0.05) is 5.56 Å². The van der Waals surface area contributed by atoms with Gasteiger partial charge in [-0.2, -0.15) is 0 Å². The van der Waals surface area contributed by atoms with E-state index in [1.807, 2.05) is 50.2 Å². The number of aliphatic imine (C=N–C) groups is 1. The van der Waals surface area contributed by atoms with Gasteiger partial charge in [-0.1, -0.05) is 44.2 Å². The molecule has 1 aliphatic heterocycles. The molecule has 184 valence electrons. The van der Waals surface area contributed by atoms with Gasteiger partial charge in [0.05, 0.1) is 16.6 Å². The summed E-state index contributed by atoms with van der Waals surface area (Å²) in [5.74, 6) is 0.255. The van der Waals surface area contributed by atoms with Crippen LogP contribution < -0.4 is 9.47 Å². The summed E-state index contributed by atoms with van der Waals surface area (Å²) >= 11 is 3.48. The predicted octanol–water partition coefficient (Wildman–Crippen LogP) is 6.84. The van der Waals surface area contributed by atoms with Crippen molar-refractivity contribution in [2.24, 2.45) is 4.99 Å². The summed E-state index contributed by atoms with van der Waals surface area (Å²) in [6, 6.07) is 18.4. The van der Waals surface area contributed by atoms with Crippen LogP contribution in [-0.2, 0) is 9.53 Å². The lowest BCUT2D eigenvalue weighted by molar-refractivity contribution is -0.129. The molecule has 0 unspecified atom stereocenters. The van der Waals surface area contributed by atoms with E-state index in [9.17, 15) is 9.59 Å². The predicted molar refractivity (Wildman–Crippen MR) is 143 cm³/mol. The van der Waals surface area contributed by atoms with E-state index in [1.165, 1.54) is 5.56 Å². The molecule has 7 heteroatoms. The van der Waals surface area contributed by atoms with Gasteiger partial charge in [0.15, 0.2) is 17.2 Å². The standard InChI is InChI=1S/C29H26BrNO5/c1-5-34-25-16-19(14-23(30)26(25)35-28(32)22-9-7-6-8-18(22)4)15-24-29(33)36-27(31-24)21-12-10-20(11-13-21)17(2)3/h6-17H,5H2,1-4H3/b24-15-. The van der Waals surface area contributed by atoms with Crippen molar-refractivity contribution < 1.29 is 23.8 Å². The van der Waals surface area contributed by atoms with Gasteiger partial charge in [-0.15, -0.1) is 0 Å². The molecular weight excluding hydrogens is 522 g/mol. The summed E-state index contributed by atoms with van der Waals surface area (Å²) < 4.78 is 17.4. The Morgan fingerprint density at radius 3 is 2.50 bits per heavy atom. The second-order valence-corrected chi connectivity index (χ2v) is 9.43. The number of hydrogen-bond acceptors (Lipinski definition) is 6. The number of hydrogen-bond donors (Lipinski definition) is 0. The maximum atomic E-state index is 12.8. The van der Waals surface area contributed by atoms with E-state index in [-0.39, 0.29) is 17.3 Å². The molecule has 0 N–H and O–H groups in total. The minimum absolute atomic E-state index is 0.164. The molecule has 0 aliphatic carbocycles. The van der Waals surface area contributed by atoms with Crippen molar-refractivity contribution in [1.82, 2.24) is 0 Å². The van der Waals surface area contributed by atoms with Crippen molar-refractivity contribution in [1.29, 1.82) is 0 Å². The molecule has 3 aromatic carbocycles. The highest BCUT2D eigenvalue weighted by Crippen LogP contribution is 2.38. The van der Waals surface area contributed by atoms with Crippen LogP contribution in [0.3, 0.4) is 0 Å². The Labute approximate surface area is 218 Å². The highest BCUT2D eigenvalue weighted by Gasteiger charge is 2.25. The molecule has 0 bridgehead atoms. The van der Waals surface area contributed by atoms with Gasteiger partial charge in [0.1, 0.15) is 0 Å². The molecule has 36 heavy (non-hydrogen) atoms. The molecule has 0 fully saturated rings. The van der Waals surface area contributed by atoms with Gasteiger partial charge in [-0.05, 0) is 88.8 Å². The number of carbonyl (C=O) groups excluding carboxylic acids is 2. The summed E-state index contributed by atoms with van der Waals surface area (Å²) in [7, 11) is 0. The summed E-state index contributed by atoms with van der Waals surface area (Å²) in [4.78, 5) is 29.7. The van der Waals surface area contributed by atoms with Crippen LogP contribution in [0.4, 0.5) is 0 Å². The number of halogens is 1. The van der Waals surface area contributed by atoms with Gasteiger partial charge in [0.2, 0.25) is 5.90 Å². The molecule has 3 aromatic rings. The number of cyclic esters (lactones) is 1. The second kappa shape index (κ2) is 10.9. The minimum Gasteiger partial charge on any atom is -0.490 e. The zero-order chi connectivity index (χ0) is 25.8. The largest absolute Gasteiger partial charge is 0.490 e. The van der Waals surface area contributed by atoms with E-state index in [0.29, 0.717) is 33.9 Å². The fraction of sp³-hybridized carbons (Fsp3) is 0.207. The number of aryl methyl sites for hydroxylation is 1. The van der Waals surface area contributed by atoms with Crippen molar-refractivity contribution in [3.05, 3.63) is 98.7 Å². The topological polar surface area (TPSA) is 74.2 Å². The van der Waals surface area contributed by atoms with E-state index in [0.717, 1.165) is 11.1 Å². The van der Waals surface area contributed by atoms with E-state index < -0.39 is 11.9 Å². The van der Waals surface area contributed by atoms with Crippen LogP contribution in [0, 0.1) is 6.92 Å². The maximum Gasteiger partial charge on any atom is 0.363 e. The molecule has 0 amide bonds. The first kappa shape index (κ1) is 25.4. The quantitative estimate of drug-likeness (QED) is 0.184. The van der Waals surface area contributed by atoms with Gasteiger partial charge in [-0.25, -0.2) is 14.6 Å². The number of rotatable bonds is 7. The fourth-order valence-corrected chi connectivity index (χ4v) is 4.22. The Kier molecular flexibility index (Phi) is 7.70. The van der Waals surface area contributed by atoms with E-state index in [4.69, 9.17) is 14.2 Å². The van der Waals surface area contributed by atoms with E-state index >= 15 is 0 Å². The van der Waals surface area contributed by atoms with Crippen LogP contribution in [0.2, 0.25) is 0 Å². The van der Waals surface area contributed by atoms with Crippen molar-refractivity contribution >= 4 is 39.8 Å². The second-order valence-electron chi connectivity index (χ2n) is 8.58. The molecule has 0 aromatic heterocycles. The van der Waals surface area contributed by atoms with Crippen LogP contribution in [0.25, 0.3) is 6.08 Å². The smallest absolute Gasteiger partial charge is 0.363 e. The normalized spacial score (nSPS) is 14.1. The summed E-state index contributed by atoms with van der Waals surface area (Å²) in [6.45, 7) is 8.27. The highest BCUT2D eigenvalue weighted by atomic mass is 79.9. The van der Waals surface area contributed by atoms with Gasteiger partial charge in [0.25, 0.3) is 0 Å². The minimum atomic E-state index is -0.540. The molecule has 6 nitrogen and oxygen atoms in total. The lowest BCUT2D eigenvalue weighted by Crippen LogP contribution is -2.11. The van der Waals surface area contributed by atoms with Crippen molar-refractivity contribution in [3.63, 3.8) is 0 Å². The average Bonchev–Trinajstić information content (AvgIpc) is 3.21. The van der Waals surface area contributed by atoms with Crippen LogP contribution in [-0.4, -0.2) is 24.4 Å². The van der Waals surface area contributed by atoms with Crippen molar-refractivity contribution in [3.8, 4) is 11.5 Å². The molecule has 0 atom stereocenters. The van der Waals surface area contributed by atoms with Crippen LogP contribution in [0.15, 0.2) is 75.8 Å². The fourth-order valence-electron chi connectivity index (χ4n) is 3.68. The first-order chi connectivity index (χ1) is 17.3. The Balaban J connectivity index is 1.63. The van der Waals surface area contributed by atoms with E-state index in [2.05, 4.69) is 34.8 Å². The van der Waals surface area contributed by atoms with E-state index in [1.54, 1.807) is 30.3 Å². The number of carbonyl (C=O) groups is 2. The zero-order valence-electron chi connectivity index (χ0n) is 20.5. The Morgan fingerprint density at radius 1 is 1.11 bits per heavy atom. The molecule has 0 spiro atoms. The molecular formula is C29H26BrNO5. The number of ether oxygens (including phenoxy) is 3. The lowest BCUT2D eigenvalue weighted by Gasteiger charge is -2.14. The third-order valence-corrected chi connectivity index (χ3v) is 6.23. The highest BCUT2D eigenvalue weighted by molar-refractivity contribution is 9.10. The zero-order valence-corrected chi connectivity index (χ0v) is 22.1. The Bertz CT molecular complexity index is 1370. The summed E-state index contributed by atoms with van der Waals surface area (Å²) in [5, 5.41) is 0. The molecule has 1 aliphatic rings. The van der Waals surface area contributed by atoms with Gasteiger partial charge >= 0.3 is 11.9 Å². The molecule has 1 heterocycles. The molecule has 0 saturated heterocycles. The maximum absolute atomic E-state index is 12.8. The third kappa shape index (κ3) is 5.57. The Hall–Kier alpha value is -3.71. The number of nitrogens with zero attached hydrogens (tertiary/aromatic N) is 1. The van der Waals surface area contributed by atoms with Crippen molar-refractivity contribution in [2.75, 3.05) is 6.61 Å². The van der Waals surface area contributed by atoms with Crippen LogP contribution >= 0.6 is 15.9 Å². The SMILES string of the molecule is CCOc1cc(/C=C2\N=C(c3ccc(C(C)C)cc3)OC2=O)cc(Br)c1OC(=O)c1ccccc1C. The van der Waals surface area contributed by atoms with Gasteiger partial charge < -0.3 is 14.2 Å². The molecule has 0 radical (unpaired) electrons. The first-order valence-electron chi connectivity index (χ1n) is 11.6. The Morgan fingerprint density at radius 2 is 1.83 bits per heavy atom. The monoisotopic (exact) mass is 547 g/mol. The average molecular weight is 548 g/mol. The lowest BCUT2D eigenvalue weighted by atomic mass is 10.0.